The third kappa shape index (κ3) is 3.22. The lowest BCUT2D eigenvalue weighted by atomic mass is 10.2. The van der Waals surface area contributed by atoms with Gasteiger partial charge in [-0.3, -0.25) is 0 Å². The average molecular weight is 403 g/mol. The summed E-state index contributed by atoms with van der Waals surface area (Å²) in [4.78, 5) is 18.6. The third-order valence-electron chi connectivity index (χ3n) is 5.47. The molecule has 8 nitrogen and oxygen atoms in total. The number of aryl methyl sites for hydroxylation is 3. The predicted molar refractivity (Wildman–Crippen MR) is 113 cm³/mol. The topological polar surface area (TPSA) is 83.5 Å². The van der Waals surface area contributed by atoms with Gasteiger partial charge in [0.2, 0.25) is 0 Å². The molecule has 0 radical (unpaired) electrons. The second kappa shape index (κ2) is 6.90. The van der Waals surface area contributed by atoms with Crippen LogP contribution < -0.4 is 4.74 Å². The van der Waals surface area contributed by atoms with E-state index in [1.54, 1.807) is 4.68 Å². The zero-order chi connectivity index (χ0) is 21.0. The summed E-state index contributed by atoms with van der Waals surface area (Å²) in [6, 6.07) is 10.6. The number of ether oxygens (including phenoxy) is 1. The molecule has 0 saturated heterocycles. The summed E-state index contributed by atoms with van der Waals surface area (Å²) < 4.78 is 9.79. The minimum atomic E-state index is -0.0125. The van der Waals surface area contributed by atoms with Crippen molar-refractivity contribution in [3.05, 3.63) is 53.5 Å². The molecule has 1 fully saturated rings. The first-order valence-electron chi connectivity index (χ1n) is 10.3. The summed E-state index contributed by atoms with van der Waals surface area (Å²) in [7, 11) is 2.08. The Morgan fingerprint density at radius 1 is 1.03 bits per heavy atom. The molecule has 0 spiro atoms. The lowest BCUT2D eigenvalue weighted by Crippen LogP contribution is -2.12. The summed E-state index contributed by atoms with van der Waals surface area (Å²) in [5.41, 5.74) is 3.14. The molecule has 0 aliphatic heterocycles. The van der Waals surface area contributed by atoms with Crippen molar-refractivity contribution in [1.29, 1.82) is 0 Å². The Morgan fingerprint density at radius 2 is 1.83 bits per heavy atom. The number of aromatic nitrogens is 7. The smallest absolute Gasteiger partial charge is 0.318 e. The van der Waals surface area contributed by atoms with E-state index in [2.05, 4.69) is 38.8 Å². The third-order valence-corrected chi connectivity index (χ3v) is 5.47. The van der Waals surface area contributed by atoms with Crippen LogP contribution in [0.15, 0.2) is 30.3 Å². The standard InChI is InChI=1S/C22H25N7O/c1-12(2)30-22-25-18(11-20(26-22)29-14(4)23-13(3)27-29)15-10-16(15)21-24-17-8-6-7-9-19(17)28(21)5/h6-9,11-12,15-16H,10H2,1-5H3. The van der Waals surface area contributed by atoms with E-state index in [-0.39, 0.29) is 12.0 Å². The largest absolute Gasteiger partial charge is 0.461 e. The molecule has 0 N–H and O–H groups in total. The van der Waals surface area contributed by atoms with Gasteiger partial charge in [0.15, 0.2) is 5.82 Å². The molecule has 154 valence electrons. The number of nitrogens with zero attached hydrogens (tertiary/aromatic N) is 7. The van der Waals surface area contributed by atoms with Gasteiger partial charge in [0, 0.05) is 24.9 Å². The summed E-state index contributed by atoms with van der Waals surface area (Å²) >= 11 is 0. The van der Waals surface area contributed by atoms with Crippen LogP contribution in [0.5, 0.6) is 6.01 Å². The van der Waals surface area contributed by atoms with E-state index >= 15 is 0 Å². The number of fused-ring (bicyclic) bond motifs is 1. The van der Waals surface area contributed by atoms with Gasteiger partial charge in [0.05, 0.1) is 22.8 Å². The molecule has 0 bridgehead atoms. The van der Waals surface area contributed by atoms with Crippen molar-refractivity contribution in [2.24, 2.45) is 7.05 Å². The molecule has 2 unspecified atom stereocenters. The zero-order valence-corrected chi connectivity index (χ0v) is 17.9. The van der Waals surface area contributed by atoms with E-state index in [4.69, 9.17) is 14.7 Å². The van der Waals surface area contributed by atoms with Gasteiger partial charge in [0.25, 0.3) is 0 Å². The first-order chi connectivity index (χ1) is 14.4. The molecule has 1 aromatic carbocycles. The number of rotatable bonds is 5. The summed E-state index contributed by atoms with van der Waals surface area (Å²) in [6.07, 6.45) is 0.992. The summed E-state index contributed by atoms with van der Waals surface area (Å²) in [6.45, 7) is 7.74. The molecule has 0 amide bonds. The molecular formula is C22H25N7O. The van der Waals surface area contributed by atoms with Crippen LogP contribution in [-0.4, -0.2) is 40.4 Å². The highest BCUT2D eigenvalue weighted by Crippen LogP contribution is 2.54. The Bertz CT molecular complexity index is 1240. The fourth-order valence-electron chi connectivity index (χ4n) is 4.03. The molecule has 3 aromatic heterocycles. The highest BCUT2D eigenvalue weighted by atomic mass is 16.5. The van der Waals surface area contributed by atoms with Crippen molar-refractivity contribution in [3.8, 4) is 11.8 Å². The van der Waals surface area contributed by atoms with Gasteiger partial charge < -0.3 is 9.30 Å². The van der Waals surface area contributed by atoms with Crippen LogP contribution in [0.25, 0.3) is 16.9 Å². The average Bonchev–Trinajstić information content (AvgIpc) is 3.32. The van der Waals surface area contributed by atoms with Crippen LogP contribution in [0.4, 0.5) is 0 Å². The second-order valence-electron chi connectivity index (χ2n) is 8.18. The van der Waals surface area contributed by atoms with Gasteiger partial charge in [-0.15, -0.1) is 5.10 Å². The number of para-hydroxylation sites is 2. The SMILES string of the molecule is Cc1nc(C)n(-c2cc(C3CC3c3nc4ccccc4n3C)nc(OC(C)C)n2)n1. The highest BCUT2D eigenvalue weighted by Gasteiger charge is 2.44. The quantitative estimate of drug-likeness (QED) is 0.506. The highest BCUT2D eigenvalue weighted by molar-refractivity contribution is 5.76. The van der Waals surface area contributed by atoms with Crippen LogP contribution in [-0.2, 0) is 7.05 Å². The Morgan fingerprint density at radius 3 is 2.53 bits per heavy atom. The molecule has 1 saturated carbocycles. The lowest BCUT2D eigenvalue weighted by Gasteiger charge is -2.12. The van der Waals surface area contributed by atoms with E-state index in [1.165, 1.54) is 0 Å². The fourth-order valence-corrected chi connectivity index (χ4v) is 4.03. The molecule has 30 heavy (non-hydrogen) atoms. The lowest BCUT2D eigenvalue weighted by molar-refractivity contribution is 0.221. The van der Waals surface area contributed by atoms with E-state index in [9.17, 15) is 0 Å². The van der Waals surface area contributed by atoms with Gasteiger partial charge in [-0.2, -0.15) is 14.6 Å². The van der Waals surface area contributed by atoms with Crippen LogP contribution in [0.1, 0.15) is 55.3 Å². The van der Waals surface area contributed by atoms with Crippen molar-refractivity contribution >= 4 is 11.0 Å². The summed E-state index contributed by atoms with van der Waals surface area (Å²) in [5.74, 6) is 3.89. The first kappa shape index (κ1) is 18.7. The fraction of sp³-hybridized carbons (Fsp3) is 0.409. The van der Waals surface area contributed by atoms with E-state index in [0.29, 0.717) is 23.6 Å². The molecule has 1 aliphatic rings. The Labute approximate surface area is 175 Å². The van der Waals surface area contributed by atoms with Gasteiger partial charge >= 0.3 is 6.01 Å². The molecule has 8 heteroatoms. The maximum Gasteiger partial charge on any atom is 0.318 e. The zero-order valence-electron chi connectivity index (χ0n) is 17.9. The van der Waals surface area contributed by atoms with Crippen LogP contribution in [0, 0.1) is 13.8 Å². The van der Waals surface area contributed by atoms with Gasteiger partial charge in [-0.25, -0.2) is 9.97 Å². The Balaban J connectivity index is 1.53. The normalized spacial score (nSPS) is 18.3. The maximum atomic E-state index is 5.85. The van der Waals surface area contributed by atoms with Crippen LogP contribution in [0.2, 0.25) is 0 Å². The van der Waals surface area contributed by atoms with Gasteiger partial charge in [-0.05, 0) is 46.2 Å². The van der Waals surface area contributed by atoms with Crippen LogP contribution >= 0.6 is 0 Å². The molecule has 4 aromatic rings. The van der Waals surface area contributed by atoms with Crippen molar-refractivity contribution in [2.75, 3.05) is 0 Å². The van der Waals surface area contributed by atoms with E-state index < -0.39 is 0 Å². The van der Waals surface area contributed by atoms with E-state index in [0.717, 1.165) is 34.8 Å². The summed E-state index contributed by atoms with van der Waals surface area (Å²) in [5, 5.41) is 4.48. The molecular weight excluding hydrogens is 378 g/mol. The second-order valence-corrected chi connectivity index (χ2v) is 8.18. The Kier molecular flexibility index (Phi) is 4.30. The van der Waals surface area contributed by atoms with Gasteiger partial charge in [-0.1, -0.05) is 12.1 Å². The maximum absolute atomic E-state index is 5.85. The van der Waals surface area contributed by atoms with Crippen LogP contribution in [0.3, 0.4) is 0 Å². The van der Waals surface area contributed by atoms with Crippen molar-refractivity contribution < 1.29 is 4.74 Å². The number of hydrogen-bond acceptors (Lipinski definition) is 6. The molecule has 3 heterocycles. The number of hydrogen-bond donors (Lipinski definition) is 0. The first-order valence-corrected chi connectivity index (χ1v) is 10.3. The van der Waals surface area contributed by atoms with Crippen molar-refractivity contribution in [3.63, 3.8) is 0 Å². The molecule has 5 rings (SSSR count). The van der Waals surface area contributed by atoms with E-state index in [1.807, 2.05) is 45.9 Å². The Hall–Kier alpha value is -3.29. The van der Waals surface area contributed by atoms with Crippen molar-refractivity contribution in [2.45, 2.75) is 52.1 Å². The molecule has 2 atom stereocenters. The van der Waals surface area contributed by atoms with Gasteiger partial charge in [0.1, 0.15) is 17.5 Å². The predicted octanol–water partition coefficient (Wildman–Crippen LogP) is 3.62. The van der Waals surface area contributed by atoms with Crippen molar-refractivity contribution in [1.82, 2.24) is 34.3 Å². The molecule has 1 aliphatic carbocycles. The monoisotopic (exact) mass is 403 g/mol. The minimum absolute atomic E-state index is 0.0125. The minimum Gasteiger partial charge on any atom is -0.461 e. The number of benzene rings is 1. The number of imidazole rings is 1.